The van der Waals surface area contributed by atoms with E-state index < -0.39 is 127 Å². The molecule has 3 aromatic rings. The van der Waals surface area contributed by atoms with Crippen molar-refractivity contribution < 1.29 is 84.3 Å². The molecule has 49 heavy (non-hydrogen) atoms. The van der Waals surface area contributed by atoms with Crippen molar-refractivity contribution >= 4 is 11.0 Å². The fourth-order valence-electron chi connectivity index (χ4n) is 5.97. The molecular formula is C31H36O18. The standard InChI is InChI=1S/C31H36O18/c32-7-18-23(39)25(41)27(43)31(48-18)47-17-6-16-19(12(34)5-15(46-16)10-1-3-11(33)4-2-10)24(40)20(17)28-29(22(38)14(36)8-44-28)49-30-26(42)21(37)13(35)9-45-30/h1-6,13-14,18,21-23,25-33,35-43H,7-9H2/t13-,14-,18?,21-,22-,23+,25-,26?,27?,28-,29?,30-,31+/m0/s1. The van der Waals surface area contributed by atoms with Crippen LogP contribution in [0.4, 0.5) is 0 Å². The van der Waals surface area contributed by atoms with E-state index in [0.29, 0.717) is 5.56 Å². The molecule has 6 rings (SSSR count). The molecule has 4 heterocycles. The highest BCUT2D eigenvalue weighted by Crippen LogP contribution is 2.46. The zero-order valence-corrected chi connectivity index (χ0v) is 25.4. The van der Waals surface area contributed by atoms with Crippen LogP contribution in [0, 0.1) is 0 Å². The summed E-state index contributed by atoms with van der Waals surface area (Å²) in [5.74, 6) is -1.35. The van der Waals surface area contributed by atoms with Gasteiger partial charge in [-0.05, 0) is 24.3 Å². The van der Waals surface area contributed by atoms with E-state index in [0.717, 1.165) is 12.1 Å². The largest absolute Gasteiger partial charge is 0.508 e. The predicted molar refractivity (Wildman–Crippen MR) is 159 cm³/mol. The third kappa shape index (κ3) is 6.59. The number of ether oxygens (including phenoxy) is 5. The molecule has 1 aromatic heterocycles. The lowest BCUT2D eigenvalue weighted by molar-refractivity contribution is -0.316. The Balaban J connectivity index is 1.49. The second kappa shape index (κ2) is 14.0. The first-order valence-electron chi connectivity index (χ1n) is 15.2. The monoisotopic (exact) mass is 696 g/mol. The molecule has 3 aliphatic rings. The third-order valence-electron chi connectivity index (χ3n) is 8.74. The molecule has 0 bridgehead atoms. The number of fused-ring (bicyclic) bond motifs is 1. The summed E-state index contributed by atoms with van der Waals surface area (Å²) in [6.45, 7) is -1.86. The number of aromatic hydroxyl groups is 2. The van der Waals surface area contributed by atoms with Gasteiger partial charge in [0.2, 0.25) is 6.29 Å². The second-order valence-corrected chi connectivity index (χ2v) is 12.0. The molecule has 0 radical (unpaired) electrons. The van der Waals surface area contributed by atoms with Gasteiger partial charge in [0.1, 0.15) is 101 Å². The Morgan fingerprint density at radius 3 is 2.10 bits per heavy atom. The summed E-state index contributed by atoms with van der Waals surface area (Å²) < 4.78 is 34.2. The van der Waals surface area contributed by atoms with Crippen molar-refractivity contribution in [3.05, 3.63) is 52.2 Å². The highest BCUT2D eigenvalue weighted by Gasteiger charge is 2.49. The summed E-state index contributed by atoms with van der Waals surface area (Å²) in [5.41, 5.74) is -1.14. The Morgan fingerprint density at radius 1 is 0.755 bits per heavy atom. The van der Waals surface area contributed by atoms with E-state index in [-0.39, 0.29) is 17.1 Å². The van der Waals surface area contributed by atoms with E-state index in [9.17, 15) is 61.0 Å². The molecule has 0 spiro atoms. The molecular weight excluding hydrogens is 660 g/mol. The van der Waals surface area contributed by atoms with Crippen molar-refractivity contribution in [2.24, 2.45) is 0 Å². The summed E-state index contributed by atoms with van der Waals surface area (Å²) in [7, 11) is 0. The van der Waals surface area contributed by atoms with Crippen LogP contribution in [0.25, 0.3) is 22.3 Å². The molecule has 0 saturated carbocycles. The van der Waals surface area contributed by atoms with Gasteiger partial charge in [0.15, 0.2) is 11.7 Å². The first kappa shape index (κ1) is 35.4. The van der Waals surface area contributed by atoms with Gasteiger partial charge in [0.05, 0.1) is 25.4 Å². The van der Waals surface area contributed by atoms with Gasteiger partial charge in [-0.15, -0.1) is 0 Å². The van der Waals surface area contributed by atoms with Crippen molar-refractivity contribution in [3.8, 4) is 28.6 Å². The minimum absolute atomic E-state index is 0.00120. The molecule has 268 valence electrons. The van der Waals surface area contributed by atoms with Crippen LogP contribution < -0.4 is 10.2 Å². The van der Waals surface area contributed by atoms with Crippen molar-refractivity contribution in [1.29, 1.82) is 0 Å². The fraction of sp³-hybridized carbons (Fsp3) is 0.516. The first-order valence-corrected chi connectivity index (χ1v) is 15.2. The van der Waals surface area contributed by atoms with Gasteiger partial charge in [-0.1, -0.05) is 0 Å². The molecule has 4 unspecified atom stereocenters. The summed E-state index contributed by atoms with van der Waals surface area (Å²) >= 11 is 0. The molecule has 18 heteroatoms. The lowest BCUT2D eigenvalue weighted by Gasteiger charge is -2.43. The van der Waals surface area contributed by atoms with Crippen LogP contribution in [-0.4, -0.2) is 150 Å². The van der Waals surface area contributed by atoms with Gasteiger partial charge < -0.3 is 84.3 Å². The topological polar surface area (TPSA) is 299 Å². The van der Waals surface area contributed by atoms with Gasteiger partial charge in [-0.2, -0.15) is 0 Å². The van der Waals surface area contributed by atoms with Crippen LogP contribution in [0.1, 0.15) is 11.7 Å². The van der Waals surface area contributed by atoms with Gasteiger partial charge in [0.25, 0.3) is 0 Å². The molecule has 18 nitrogen and oxygen atoms in total. The van der Waals surface area contributed by atoms with Crippen LogP contribution in [0.3, 0.4) is 0 Å². The van der Waals surface area contributed by atoms with Gasteiger partial charge in [0, 0.05) is 17.7 Å². The summed E-state index contributed by atoms with van der Waals surface area (Å²) in [6, 6.07) is 7.77. The number of hydrogen-bond acceptors (Lipinski definition) is 18. The van der Waals surface area contributed by atoms with Crippen LogP contribution in [0.5, 0.6) is 17.2 Å². The average molecular weight is 697 g/mol. The maximum absolute atomic E-state index is 13.5. The Kier molecular flexibility index (Phi) is 10.1. The maximum atomic E-state index is 13.5. The lowest BCUT2D eigenvalue weighted by atomic mass is 9.91. The van der Waals surface area contributed by atoms with Crippen molar-refractivity contribution in [2.75, 3.05) is 19.8 Å². The van der Waals surface area contributed by atoms with E-state index in [1.807, 2.05) is 0 Å². The summed E-state index contributed by atoms with van der Waals surface area (Å²) in [5, 5.41) is 114. The Labute approximate surface area is 275 Å². The number of benzene rings is 2. The highest BCUT2D eigenvalue weighted by atomic mass is 16.7. The number of rotatable bonds is 7. The molecule has 0 aliphatic carbocycles. The van der Waals surface area contributed by atoms with E-state index in [1.165, 1.54) is 24.3 Å². The minimum Gasteiger partial charge on any atom is -0.508 e. The number of aliphatic hydroxyl groups excluding tert-OH is 9. The fourth-order valence-corrected chi connectivity index (χ4v) is 5.97. The normalized spacial score (nSPS) is 36.9. The minimum atomic E-state index is -1.94. The SMILES string of the molecule is O=c1cc(-c2ccc(O)cc2)oc2cc(O[C@@H]3OC(CO)[C@@H](O)[C@H](O)C3O)c([C@@H]3OC[C@H](O)[C@H](O)C3O[C@@H]3OC[C@H](O)[C@H](O)C3O)c(O)c12. The summed E-state index contributed by atoms with van der Waals surface area (Å²) in [4.78, 5) is 13.5. The Hall–Kier alpha value is -3.47. The third-order valence-corrected chi connectivity index (χ3v) is 8.74. The van der Waals surface area contributed by atoms with Crippen LogP contribution >= 0.6 is 0 Å². The van der Waals surface area contributed by atoms with Crippen LogP contribution in [0.2, 0.25) is 0 Å². The number of phenols is 2. The van der Waals surface area contributed by atoms with Crippen LogP contribution in [-0.2, 0) is 18.9 Å². The van der Waals surface area contributed by atoms with E-state index in [2.05, 4.69) is 0 Å². The average Bonchev–Trinajstić information content (AvgIpc) is 3.07. The Morgan fingerprint density at radius 2 is 1.41 bits per heavy atom. The second-order valence-electron chi connectivity index (χ2n) is 12.0. The lowest BCUT2D eigenvalue weighted by Crippen LogP contribution is -2.60. The predicted octanol–water partition coefficient (Wildman–Crippen LogP) is -3.33. The number of phenolic OH excluding ortho intramolecular Hbond substituents is 2. The van der Waals surface area contributed by atoms with Gasteiger partial charge >= 0.3 is 0 Å². The first-order chi connectivity index (χ1) is 23.3. The number of hydrogen-bond donors (Lipinski definition) is 11. The highest BCUT2D eigenvalue weighted by molar-refractivity contribution is 5.88. The van der Waals surface area contributed by atoms with Gasteiger partial charge in [-0.25, -0.2) is 0 Å². The number of aliphatic hydroxyl groups is 9. The molecule has 3 aliphatic heterocycles. The van der Waals surface area contributed by atoms with Gasteiger partial charge in [-0.3, -0.25) is 4.79 Å². The molecule has 13 atom stereocenters. The quantitative estimate of drug-likeness (QED) is 0.115. The summed E-state index contributed by atoms with van der Waals surface area (Å²) in [6.07, 6.45) is -22.4. The van der Waals surface area contributed by atoms with Crippen molar-refractivity contribution in [2.45, 2.75) is 79.7 Å². The van der Waals surface area contributed by atoms with E-state index in [4.69, 9.17) is 28.1 Å². The van der Waals surface area contributed by atoms with Crippen molar-refractivity contribution in [1.82, 2.24) is 0 Å². The zero-order chi connectivity index (χ0) is 35.3. The molecule has 2 aromatic carbocycles. The van der Waals surface area contributed by atoms with Crippen molar-refractivity contribution in [3.63, 3.8) is 0 Å². The van der Waals surface area contributed by atoms with Crippen LogP contribution in [0.15, 0.2) is 45.6 Å². The zero-order valence-electron chi connectivity index (χ0n) is 25.4. The smallest absolute Gasteiger partial charge is 0.229 e. The Bertz CT molecular complexity index is 1680. The molecule has 3 fully saturated rings. The van der Waals surface area contributed by atoms with E-state index in [1.54, 1.807) is 0 Å². The molecule has 3 saturated heterocycles. The van der Waals surface area contributed by atoms with E-state index >= 15 is 0 Å². The molecule has 11 N–H and O–H groups in total. The maximum Gasteiger partial charge on any atom is 0.229 e. The molecule has 0 amide bonds.